The predicted molar refractivity (Wildman–Crippen MR) is 130 cm³/mol. The molecule has 0 spiro atoms. The smallest absolute Gasteiger partial charge is 0.295 e. The molecular weight excluding hydrogens is 463 g/mol. The molecule has 1 aromatic heterocycles. The van der Waals surface area contributed by atoms with Gasteiger partial charge in [0.25, 0.3) is 5.91 Å². The molecule has 9 heteroatoms. The van der Waals surface area contributed by atoms with Crippen LogP contribution in [0.15, 0.2) is 30.5 Å². The molecule has 0 aliphatic heterocycles. The molecule has 1 aliphatic carbocycles. The second-order valence-corrected chi connectivity index (χ2v) is 8.41. The number of rotatable bonds is 6. The number of aromatic nitrogens is 2. The van der Waals surface area contributed by atoms with Gasteiger partial charge in [0.15, 0.2) is 0 Å². The van der Waals surface area contributed by atoms with Crippen molar-refractivity contribution in [3.8, 4) is 35.0 Å². The van der Waals surface area contributed by atoms with Crippen molar-refractivity contribution in [3.05, 3.63) is 40.5 Å². The molecule has 1 heterocycles. The number of carbonyl (C=O) groups is 1. The minimum absolute atomic E-state index is 0.0147. The van der Waals surface area contributed by atoms with Crippen molar-refractivity contribution in [2.75, 3.05) is 19.5 Å². The fourth-order valence-electron chi connectivity index (χ4n) is 4.08. The molecule has 0 saturated heterocycles. The largest absolute Gasteiger partial charge is 0.495 e. The van der Waals surface area contributed by atoms with Crippen LogP contribution in [0.2, 0.25) is 10.0 Å². The summed E-state index contributed by atoms with van der Waals surface area (Å²) in [5.74, 6) is 3.10. The molecular formula is C24H22Cl2N4O3. The zero-order valence-electron chi connectivity index (χ0n) is 18.1. The van der Waals surface area contributed by atoms with Gasteiger partial charge in [-0.25, -0.2) is 9.97 Å². The van der Waals surface area contributed by atoms with Crippen LogP contribution >= 0.6 is 23.2 Å². The number of carbonyl (C=O) groups excluding carboxylic acids is 1. The van der Waals surface area contributed by atoms with Gasteiger partial charge in [-0.05, 0) is 42.9 Å². The van der Waals surface area contributed by atoms with Crippen molar-refractivity contribution in [2.24, 2.45) is 0 Å². The van der Waals surface area contributed by atoms with E-state index in [9.17, 15) is 4.79 Å². The summed E-state index contributed by atoms with van der Waals surface area (Å²) in [5, 5.41) is 7.78. The first-order chi connectivity index (χ1) is 15.9. The second-order valence-electron chi connectivity index (χ2n) is 7.66. The highest BCUT2D eigenvalue weighted by molar-refractivity contribution is 6.41. The maximum atomic E-state index is 11.6. The van der Waals surface area contributed by atoms with Crippen LogP contribution in [-0.2, 0) is 4.79 Å². The first-order valence-corrected chi connectivity index (χ1v) is 11.1. The molecule has 2 unspecified atom stereocenters. The van der Waals surface area contributed by atoms with Gasteiger partial charge < -0.3 is 20.1 Å². The number of nitrogens with zero attached hydrogens (tertiary/aromatic N) is 2. The summed E-state index contributed by atoms with van der Waals surface area (Å²) in [5.41, 5.74) is 2.14. The van der Waals surface area contributed by atoms with E-state index in [0.29, 0.717) is 33.1 Å². The van der Waals surface area contributed by atoms with Crippen molar-refractivity contribution >= 4 is 46.0 Å². The molecule has 4 rings (SSSR count). The first kappa shape index (κ1) is 23.0. The van der Waals surface area contributed by atoms with Crippen LogP contribution in [-0.4, -0.2) is 42.2 Å². The Morgan fingerprint density at radius 1 is 1.12 bits per heavy atom. The van der Waals surface area contributed by atoms with Crippen molar-refractivity contribution in [3.63, 3.8) is 0 Å². The van der Waals surface area contributed by atoms with Gasteiger partial charge in [-0.3, -0.25) is 4.79 Å². The van der Waals surface area contributed by atoms with Crippen molar-refractivity contribution in [2.45, 2.75) is 31.3 Å². The summed E-state index contributed by atoms with van der Waals surface area (Å²) in [6.45, 7) is 0. The third kappa shape index (κ3) is 4.63. The van der Waals surface area contributed by atoms with Gasteiger partial charge in [0.1, 0.15) is 11.5 Å². The van der Waals surface area contributed by atoms with Crippen molar-refractivity contribution < 1.29 is 14.3 Å². The Bertz CT molecular complexity index is 1230. The van der Waals surface area contributed by atoms with Crippen LogP contribution in [0, 0.1) is 12.3 Å². The molecule has 2 aromatic carbocycles. The lowest BCUT2D eigenvalue weighted by atomic mass is 10.0. The van der Waals surface area contributed by atoms with Crippen molar-refractivity contribution in [1.29, 1.82) is 0 Å². The minimum Gasteiger partial charge on any atom is -0.495 e. The number of terminal acetylenes is 1. The molecule has 1 amide bonds. The average Bonchev–Trinajstić information content (AvgIpc) is 3.25. The molecule has 1 aliphatic rings. The monoisotopic (exact) mass is 484 g/mol. The average molecular weight is 485 g/mol. The second kappa shape index (κ2) is 9.74. The van der Waals surface area contributed by atoms with E-state index in [0.717, 1.165) is 35.7 Å². The quantitative estimate of drug-likeness (QED) is 0.493. The Morgan fingerprint density at radius 2 is 1.82 bits per heavy atom. The highest BCUT2D eigenvalue weighted by Crippen LogP contribution is 2.46. The first-order valence-electron chi connectivity index (χ1n) is 10.4. The number of halogens is 2. The topological polar surface area (TPSA) is 85.4 Å². The molecule has 0 bridgehead atoms. The third-order valence-corrected chi connectivity index (χ3v) is 6.47. The Hall–Kier alpha value is -3.21. The Balaban J connectivity index is 1.63. The van der Waals surface area contributed by atoms with Gasteiger partial charge in [0.05, 0.1) is 29.8 Å². The number of amides is 1. The van der Waals surface area contributed by atoms with Crippen molar-refractivity contribution in [1.82, 2.24) is 15.3 Å². The summed E-state index contributed by atoms with van der Waals surface area (Å²) >= 11 is 13.1. The van der Waals surface area contributed by atoms with Gasteiger partial charge in [-0.1, -0.05) is 29.3 Å². The fourth-order valence-corrected chi connectivity index (χ4v) is 4.80. The van der Waals surface area contributed by atoms with Gasteiger partial charge in [-0.15, -0.1) is 6.42 Å². The summed E-state index contributed by atoms with van der Waals surface area (Å²) in [4.78, 5) is 20.7. The maximum Gasteiger partial charge on any atom is 0.295 e. The number of hydrogen-bond acceptors (Lipinski definition) is 6. The summed E-state index contributed by atoms with van der Waals surface area (Å²) in [7, 11) is 3.07. The lowest BCUT2D eigenvalue weighted by molar-refractivity contribution is -0.116. The predicted octanol–water partition coefficient (Wildman–Crippen LogP) is 4.70. The van der Waals surface area contributed by atoms with Crippen LogP contribution < -0.4 is 20.1 Å². The molecule has 170 valence electrons. The highest BCUT2D eigenvalue weighted by Gasteiger charge is 2.29. The molecule has 2 N–H and O–H groups in total. The van der Waals surface area contributed by atoms with Gasteiger partial charge in [-0.2, -0.15) is 0 Å². The van der Waals surface area contributed by atoms with E-state index in [1.54, 1.807) is 12.3 Å². The molecule has 1 fully saturated rings. The SMILES string of the molecule is C#CC(=O)NC1CCCC1Nc1ncc2cc(-c3c(Cl)c(OC)cc(OC)c3Cl)ccc2n1. The zero-order chi connectivity index (χ0) is 23.5. The summed E-state index contributed by atoms with van der Waals surface area (Å²) in [6, 6.07) is 7.29. The molecule has 3 aromatic rings. The molecule has 33 heavy (non-hydrogen) atoms. The van der Waals surface area contributed by atoms with Gasteiger partial charge >= 0.3 is 0 Å². The number of nitrogens with one attached hydrogen (secondary N) is 2. The molecule has 1 saturated carbocycles. The van der Waals surface area contributed by atoms with Crippen LogP contribution in [0.4, 0.5) is 5.95 Å². The lowest BCUT2D eigenvalue weighted by Crippen LogP contribution is -2.43. The van der Waals surface area contributed by atoms with E-state index < -0.39 is 5.91 Å². The van der Waals surface area contributed by atoms with Crippen LogP contribution in [0.1, 0.15) is 19.3 Å². The molecule has 7 nitrogen and oxygen atoms in total. The van der Waals surface area contributed by atoms with E-state index in [4.69, 9.17) is 39.1 Å². The summed E-state index contributed by atoms with van der Waals surface area (Å²) < 4.78 is 10.7. The van der Waals surface area contributed by atoms with Gasteiger partial charge in [0.2, 0.25) is 5.95 Å². The van der Waals surface area contributed by atoms with Crippen LogP contribution in [0.3, 0.4) is 0 Å². The Morgan fingerprint density at radius 3 is 2.48 bits per heavy atom. The van der Waals surface area contributed by atoms with E-state index in [1.165, 1.54) is 14.2 Å². The third-order valence-electron chi connectivity index (χ3n) is 5.72. The van der Waals surface area contributed by atoms with Crippen LogP contribution in [0.5, 0.6) is 11.5 Å². The molecule has 0 radical (unpaired) electrons. The number of hydrogen-bond donors (Lipinski definition) is 2. The lowest BCUT2D eigenvalue weighted by Gasteiger charge is -2.21. The Kier molecular flexibility index (Phi) is 6.77. The molecule has 2 atom stereocenters. The number of fused-ring (bicyclic) bond motifs is 1. The zero-order valence-corrected chi connectivity index (χ0v) is 19.6. The maximum absolute atomic E-state index is 11.6. The normalized spacial score (nSPS) is 17.4. The van der Waals surface area contributed by atoms with E-state index in [-0.39, 0.29) is 12.1 Å². The highest BCUT2D eigenvalue weighted by atomic mass is 35.5. The van der Waals surface area contributed by atoms with E-state index >= 15 is 0 Å². The standard InChI is InChI=1S/C24H22Cl2N4O3/c1-4-20(31)28-16-6-5-7-17(16)30-24-27-12-14-10-13(8-9-15(14)29-24)21-22(25)18(32-2)11-19(33-3)23(21)26/h1,8-12,16-17H,5-7H2,2-3H3,(H,28,31)(H,27,29,30). The number of anilines is 1. The van der Waals surface area contributed by atoms with Crippen LogP contribution in [0.25, 0.3) is 22.0 Å². The minimum atomic E-state index is -0.410. The van der Waals surface area contributed by atoms with E-state index in [1.807, 2.05) is 18.2 Å². The number of benzene rings is 2. The number of ether oxygens (including phenoxy) is 2. The summed E-state index contributed by atoms with van der Waals surface area (Å²) in [6.07, 6.45) is 9.64. The number of methoxy groups -OCH3 is 2. The fraction of sp³-hybridized carbons (Fsp3) is 0.292. The van der Waals surface area contributed by atoms with E-state index in [2.05, 4.69) is 26.5 Å². The van der Waals surface area contributed by atoms with Gasteiger partial charge in [0, 0.05) is 35.3 Å². The Labute approximate surface area is 201 Å².